The number of aryl methyl sites for hydroxylation is 1. The SMILES string of the molecule is CNc1nc(C)cc(NCC2CCN(C(C)C)C2)n1. The summed E-state index contributed by atoms with van der Waals surface area (Å²) >= 11 is 0. The van der Waals surface area contributed by atoms with Crippen molar-refractivity contribution in [3.05, 3.63) is 11.8 Å². The summed E-state index contributed by atoms with van der Waals surface area (Å²) in [5, 5.41) is 6.43. The van der Waals surface area contributed by atoms with Crippen molar-refractivity contribution in [1.82, 2.24) is 14.9 Å². The van der Waals surface area contributed by atoms with E-state index >= 15 is 0 Å². The molecule has 0 saturated carbocycles. The molecule has 19 heavy (non-hydrogen) atoms. The largest absolute Gasteiger partial charge is 0.370 e. The van der Waals surface area contributed by atoms with E-state index in [4.69, 9.17) is 0 Å². The standard InChI is InChI=1S/C14H25N5/c1-10(2)19-6-5-12(9-19)8-16-13-7-11(3)17-14(15-4)18-13/h7,10,12H,5-6,8-9H2,1-4H3,(H2,15,16,17,18). The maximum Gasteiger partial charge on any atom is 0.224 e. The fourth-order valence-corrected chi connectivity index (χ4v) is 2.52. The predicted molar refractivity (Wildman–Crippen MR) is 79.6 cm³/mol. The van der Waals surface area contributed by atoms with E-state index in [-0.39, 0.29) is 0 Å². The molecule has 106 valence electrons. The van der Waals surface area contributed by atoms with Crippen LogP contribution in [0.1, 0.15) is 26.0 Å². The summed E-state index contributed by atoms with van der Waals surface area (Å²) in [7, 11) is 1.84. The molecule has 1 aromatic rings. The Balaban J connectivity index is 1.87. The molecule has 0 aliphatic carbocycles. The third-order valence-electron chi connectivity index (χ3n) is 3.70. The van der Waals surface area contributed by atoms with Crippen molar-refractivity contribution in [1.29, 1.82) is 0 Å². The highest BCUT2D eigenvalue weighted by atomic mass is 15.2. The van der Waals surface area contributed by atoms with E-state index in [1.807, 2.05) is 20.0 Å². The van der Waals surface area contributed by atoms with Crippen molar-refractivity contribution >= 4 is 11.8 Å². The Morgan fingerprint density at radius 3 is 2.84 bits per heavy atom. The molecule has 2 heterocycles. The Morgan fingerprint density at radius 2 is 2.21 bits per heavy atom. The summed E-state index contributed by atoms with van der Waals surface area (Å²) in [6.45, 7) is 9.92. The Morgan fingerprint density at radius 1 is 1.42 bits per heavy atom. The number of anilines is 2. The zero-order valence-electron chi connectivity index (χ0n) is 12.4. The second-order valence-corrected chi connectivity index (χ2v) is 5.59. The molecule has 5 heteroatoms. The normalized spacial score (nSPS) is 19.9. The van der Waals surface area contributed by atoms with Crippen molar-refractivity contribution in [2.45, 2.75) is 33.2 Å². The molecule has 1 atom stereocenters. The van der Waals surface area contributed by atoms with E-state index in [1.165, 1.54) is 19.5 Å². The van der Waals surface area contributed by atoms with Crippen molar-refractivity contribution in [2.24, 2.45) is 5.92 Å². The third-order valence-corrected chi connectivity index (χ3v) is 3.70. The van der Waals surface area contributed by atoms with Crippen LogP contribution < -0.4 is 10.6 Å². The van der Waals surface area contributed by atoms with Gasteiger partial charge >= 0.3 is 0 Å². The van der Waals surface area contributed by atoms with Crippen LogP contribution in [0.15, 0.2) is 6.07 Å². The van der Waals surface area contributed by atoms with Gasteiger partial charge in [0.15, 0.2) is 0 Å². The minimum Gasteiger partial charge on any atom is -0.370 e. The Labute approximate surface area is 115 Å². The van der Waals surface area contributed by atoms with Gasteiger partial charge < -0.3 is 15.5 Å². The molecule has 1 saturated heterocycles. The zero-order valence-corrected chi connectivity index (χ0v) is 12.4. The van der Waals surface area contributed by atoms with Crippen LogP contribution in [0.4, 0.5) is 11.8 Å². The molecule has 0 aromatic carbocycles. The molecule has 1 aliphatic heterocycles. The zero-order chi connectivity index (χ0) is 13.8. The molecular weight excluding hydrogens is 238 g/mol. The minimum atomic E-state index is 0.655. The van der Waals surface area contributed by atoms with Crippen LogP contribution in [-0.4, -0.2) is 47.6 Å². The number of nitrogens with zero attached hydrogens (tertiary/aromatic N) is 3. The first-order valence-electron chi connectivity index (χ1n) is 7.10. The van der Waals surface area contributed by atoms with Gasteiger partial charge in [-0.3, -0.25) is 0 Å². The van der Waals surface area contributed by atoms with E-state index in [2.05, 4.69) is 39.3 Å². The van der Waals surface area contributed by atoms with Gasteiger partial charge in [0.1, 0.15) is 5.82 Å². The summed E-state index contributed by atoms with van der Waals surface area (Å²) in [5.41, 5.74) is 0.983. The van der Waals surface area contributed by atoms with Crippen LogP contribution in [0.2, 0.25) is 0 Å². The number of aromatic nitrogens is 2. The van der Waals surface area contributed by atoms with Gasteiger partial charge in [0.25, 0.3) is 0 Å². The van der Waals surface area contributed by atoms with Gasteiger partial charge in [-0.2, -0.15) is 4.98 Å². The van der Waals surface area contributed by atoms with Crippen LogP contribution in [0.25, 0.3) is 0 Å². The highest BCUT2D eigenvalue weighted by Crippen LogP contribution is 2.19. The quantitative estimate of drug-likeness (QED) is 0.850. The smallest absolute Gasteiger partial charge is 0.224 e. The summed E-state index contributed by atoms with van der Waals surface area (Å²) in [6.07, 6.45) is 1.27. The van der Waals surface area contributed by atoms with Crippen molar-refractivity contribution in [2.75, 3.05) is 37.3 Å². The van der Waals surface area contributed by atoms with Gasteiger partial charge in [0.2, 0.25) is 5.95 Å². The van der Waals surface area contributed by atoms with Crippen LogP contribution in [0.3, 0.4) is 0 Å². The number of likely N-dealkylation sites (tertiary alicyclic amines) is 1. The molecule has 0 bridgehead atoms. The van der Waals surface area contributed by atoms with Crippen molar-refractivity contribution in [3.8, 4) is 0 Å². The molecule has 2 N–H and O–H groups in total. The lowest BCUT2D eigenvalue weighted by atomic mass is 10.1. The number of hydrogen-bond donors (Lipinski definition) is 2. The predicted octanol–water partition coefficient (Wildman–Crippen LogP) is 1.97. The highest BCUT2D eigenvalue weighted by Gasteiger charge is 2.23. The first kappa shape index (κ1) is 14.1. The van der Waals surface area contributed by atoms with E-state index in [1.54, 1.807) is 0 Å². The molecule has 0 radical (unpaired) electrons. The molecule has 1 fully saturated rings. The second kappa shape index (κ2) is 6.19. The van der Waals surface area contributed by atoms with Crippen molar-refractivity contribution in [3.63, 3.8) is 0 Å². The summed E-state index contributed by atoms with van der Waals surface area (Å²) in [4.78, 5) is 11.3. The molecule has 0 spiro atoms. The number of rotatable bonds is 5. The van der Waals surface area contributed by atoms with Gasteiger partial charge in [-0.1, -0.05) is 0 Å². The van der Waals surface area contributed by atoms with E-state index in [9.17, 15) is 0 Å². The van der Waals surface area contributed by atoms with Crippen LogP contribution in [0, 0.1) is 12.8 Å². The van der Waals surface area contributed by atoms with E-state index < -0.39 is 0 Å². The lowest BCUT2D eigenvalue weighted by Gasteiger charge is -2.20. The first-order chi connectivity index (χ1) is 9.08. The topological polar surface area (TPSA) is 53.1 Å². The van der Waals surface area contributed by atoms with E-state index in [0.717, 1.165) is 24.0 Å². The third kappa shape index (κ3) is 3.80. The highest BCUT2D eigenvalue weighted by molar-refractivity contribution is 5.41. The Kier molecular flexibility index (Phi) is 4.58. The van der Waals surface area contributed by atoms with Crippen LogP contribution >= 0.6 is 0 Å². The fourth-order valence-electron chi connectivity index (χ4n) is 2.52. The lowest BCUT2D eigenvalue weighted by Crippen LogP contribution is -2.29. The molecule has 5 nitrogen and oxygen atoms in total. The van der Waals surface area contributed by atoms with E-state index in [0.29, 0.717) is 12.0 Å². The van der Waals surface area contributed by atoms with Gasteiger partial charge in [-0.05, 0) is 39.7 Å². The summed E-state index contributed by atoms with van der Waals surface area (Å²) < 4.78 is 0. The molecule has 1 aromatic heterocycles. The van der Waals surface area contributed by atoms with Gasteiger partial charge in [0.05, 0.1) is 0 Å². The summed E-state index contributed by atoms with van der Waals surface area (Å²) in [5.74, 6) is 2.31. The molecule has 2 rings (SSSR count). The van der Waals surface area contributed by atoms with Gasteiger partial charge in [-0.25, -0.2) is 4.98 Å². The number of nitrogens with one attached hydrogen (secondary N) is 2. The minimum absolute atomic E-state index is 0.655. The second-order valence-electron chi connectivity index (χ2n) is 5.59. The van der Waals surface area contributed by atoms with Crippen molar-refractivity contribution < 1.29 is 0 Å². The fraction of sp³-hybridized carbons (Fsp3) is 0.714. The molecular formula is C14H25N5. The lowest BCUT2D eigenvalue weighted by molar-refractivity contribution is 0.266. The molecule has 1 aliphatic rings. The average Bonchev–Trinajstić information content (AvgIpc) is 2.84. The van der Waals surface area contributed by atoms with Crippen LogP contribution in [0.5, 0.6) is 0 Å². The Bertz CT molecular complexity index is 418. The maximum absolute atomic E-state index is 4.42. The van der Waals surface area contributed by atoms with Gasteiger partial charge in [-0.15, -0.1) is 0 Å². The van der Waals surface area contributed by atoms with Gasteiger partial charge in [0, 0.05) is 37.9 Å². The average molecular weight is 263 g/mol. The Hall–Kier alpha value is -1.36. The maximum atomic E-state index is 4.42. The first-order valence-corrected chi connectivity index (χ1v) is 7.10. The molecule has 1 unspecified atom stereocenters. The summed E-state index contributed by atoms with van der Waals surface area (Å²) in [6, 6.07) is 2.65. The molecule has 0 amide bonds. The van der Waals surface area contributed by atoms with Crippen LogP contribution in [-0.2, 0) is 0 Å². The number of hydrogen-bond acceptors (Lipinski definition) is 5. The monoisotopic (exact) mass is 263 g/mol.